The molecule has 0 spiro atoms. The molecule has 5 heteroatoms. The zero-order valence-corrected chi connectivity index (χ0v) is 13.4. The van der Waals surface area contributed by atoms with Crippen molar-refractivity contribution in [2.45, 2.75) is 20.3 Å². The van der Waals surface area contributed by atoms with Gasteiger partial charge >= 0.3 is 0 Å². The fourth-order valence-corrected chi connectivity index (χ4v) is 2.13. The Hall–Kier alpha value is -1.75. The number of hydrogen-bond donors (Lipinski definition) is 1. The summed E-state index contributed by atoms with van der Waals surface area (Å²) in [4.78, 5) is 14.2. The summed E-state index contributed by atoms with van der Waals surface area (Å²) in [6.45, 7) is 7.77. The van der Waals surface area contributed by atoms with Gasteiger partial charge in [-0.1, -0.05) is 19.9 Å². The number of carbonyl (C=O) groups is 1. The van der Waals surface area contributed by atoms with Crippen LogP contribution in [-0.2, 0) is 11.2 Å². The molecule has 0 aliphatic rings. The van der Waals surface area contributed by atoms with Gasteiger partial charge in [-0.2, -0.15) is 0 Å². The summed E-state index contributed by atoms with van der Waals surface area (Å²) in [7, 11) is 3.20. The summed E-state index contributed by atoms with van der Waals surface area (Å²) in [5.41, 5.74) is 0.860. The van der Waals surface area contributed by atoms with Gasteiger partial charge in [-0.25, -0.2) is 0 Å². The minimum absolute atomic E-state index is 0.00521. The van der Waals surface area contributed by atoms with Crippen molar-refractivity contribution in [3.63, 3.8) is 0 Å². The van der Waals surface area contributed by atoms with Crippen LogP contribution in [0, 0.1) is 0 Å². The SMILES string of the molecule is CCN(CC)CCNC(=O)Cc1ccc(OC)cc1OC. The first-order valence-electron chi connectivity index (χ1n) is 7.34. The van der Waals surface area contributed by atoms with Gasteiger partial charge in [0.25, 0.3) is 0 Å². The van der Waals surface area contributed by atoms with Crippen molar-refractivity contribution in [3.8, 4) is 11.5 Å². The average Bonchev–Trinajstić information content (AvgIpc) is 2.52. The van der Waals surface area contributed by atoms with Gasteiger partial charge in [0, 0.05) is 24.7 Å². The van der Waals surface area contributed by atoms with E-state index in [0.29, 0.717) is 18.7 Å². The zero-order valence-electron chi connectivity index (χ0n) is 13.4. The lowest BCUT2D eigenvalue weighted by Crippen LogP contribution is -2.35. The summed E-state index contributed by atoms with van der Waals surface area (Å²) in [6, 6.07) is 5.49. The average molecular weight is 294 g/mol. The first-order valence-corrected chi connectivity index (χ1v) is 7.34. The number of hydrogen-bond acceptors (Lipinski definition) is 4. The van der Waals surface area contributed by atoms with Crippen molar-refractivity contribution < 1.29 is 14.3 Å². The Labute approximate surface area is 127 Å². The van der Waals surface area contributed by atoms with Crippen LogP contribution in [0.3, 0.4) is 0 Å². The zero-order chi connectivity index (χ0) is 15.7. The molecule has 21 heavy (non-hydrogen) atoms. The lowest BCUT2D eigenvalue weighted by atomic mass is 10.1. The highest BCUT2D eigenvalue weighted by atomic mass is 16.5. The topological polar surface area (TPSA) is 50.8 Å². The number of carbonyl (C=O) groups excluding carboxylic acids is 1. The van der Waals surface area contributed by atoms with Crippen LogP contribution in [0.4, 0.5) is 0 Å². The molecule has 0 fully saturated rings. The first-order chi connectivity index (χ1) is 10.1. The molecule has 118 valence electrons. The molecule has 0 saturated heterocycles. The molecule has 0 radical (unpaired) electrons. The van der Waals surface area contributed by atoms with E-state index in [-0.39, 0.29) is 5.91 Å². The number of nitrogens with zero attached hydrogens (tertiary/aromatic N) is 1. The van der Waals surface area contributed by atoms with Gasteiger partial charge in [0.2, 0.25) is 5.91 Å². The van der Waals surface area contributed by atoms with Crippen molar-refractivity contribution in [2.24, 2.45) is 0 Å². The third-order valence-electron chi connectivity index (χ3n) is 3.49. The molecule has 0 aliphatic carbocycles. The van der Waals surface area contributed by atoms with Gasteiger partial charge < -0.3 is 19.7 Å². The van der Waals surface area contributed by atoms with Gasteiger partial charge in [-0.05, 0) is 19.2 Å². The Bertz CT molecular complexity index is 445. The van der Waals surface area contributed by atoms with E-state index in [9.17, 15) is 4.79 Å². The van der Waals surface area contributed by atoms with Gasteiger partial charge in [0.15, 0.2) is 0 Å². The quantitative estimate of drug-likeness (QED) is 0.753. The predicted molar refractivity (Wildman–Crippen MR) is 84.0 cm³/mol. The smallest absolute Gasteiger partial charge is 0.224 e. The van der Waals surface area contributed by atoms with E-state index < -0.39 is 0 Å². The maximum atomic E-state index is 12.0. The number of methoxy groups -OCH3 is 2. The molecule has 0 saturated carbocycles. The number of amides is 1. The van der Waals surface area contributed by atoms with Crippen molar-refractivity contribution >= 4 is 5.91 Å². The predicted octanol–water partition coefficient (Wildman–Crippen LogP) is 1.70. The Balaban J connectivity index is 2.51. The van der Waals surface area contributed by atoms with Crippen LogP contribution in [0.2, 0.25) is 0 Å². The second kappa shape index (κ2) is 9.23. The Morgan fingerprint density at radius 3 is 2.48 bits per heavy atom. The molecule has 1 aromatic rings. The number of benzene rings is 1. The molecule has 0 bridgehead atoms. The molecule has 5 nitrogen and oxygen atoms in total. The van der Waals surface area contributed by atoms with Crippen LogP contribution in [0.5, 0.6) is 11.5 Å². The molecule has 1 amide bonds. The van der Waals surface area contributed by atoms with Crippen molar-refractivity contribution in [1.29, 1.82) is 0 Å². The monoisotopic (exact) mass is 294 g/mol. The minimum Gasteiger partial charge on any atom is -0.497 e. The van der Waals surface area contributed by atoms with Gasteiger partial charge in [-0.15, -0.1) is 0 Å². The van der Waals surface area contributed by atoms with E-state index in [0.717, 1.165) is 30.9 Å². The van der Waals surface area contributed by atoms with Crippen LogP contribution < -0.4 is 14.8 Å². The summed E-state index contributed by atoms with van der Waals surface area (Å²) in [5.74, 6) is 1.40. The molecule has 0 atom stereocenters. The highest BCUT2D eigenvalue weighted by Crippen LogP contribution is 2.24. The van der Waals surface area contributed by atoms with Crippen molar-refractivity contribution in [1.82, 2.24) is 10.2 Å². The molecular weight excluding hydrogens is 268 g/mol. The number of likely N-dealkylation sites (N-methyl/N-ethyl adjacent to an activating group) is 1. The third-order valence-corrected chi connectivity index (χ3v) is 3.49. The fourth-order valence-electron chi connectivity index (χ4n) is 2.13. The Morgan fingerprint density at radius 1 is 1.19 bits per heavy atom. The lowest BCUT2D eigenvalue weighted by Gasteiger charge is -2.18. The summed E-state index contributed by atoms with van der Waals surface area (Å²) in [6.07, 6.45) is 0.311. The molecule has 1 rings (SSSR count). The fraction of sp³-hybridized carbons (Fsp3) is 0.562. The highest BCUT2D eigenvalue weighted by molar-refractivity contribution is 5.79. The summed E-state index contributed by atoms with van der Waals surface area (Å²) >= 11 is 0. The maximum absolute atomic E-state index is 12.0. The van der Waals surface area contributed by atoms with Gasteiger partial charge in [0.1, 0.15) is 11.5 Å². The molecule has 0 heterocycles. The van der Waals surface area contributed by atoms with Crippen LogP contribution in [-0.4, -0.2) is 51.2 Å². The van der Waals surface area contributed by atoms with Crippen LogP contribution in [0.25, 0.3) is 0 Å². The standard InChI is InChI=1S/C16H26N2O3/c1-5-18(6-2)10-9-17-16(19)11-13-7-8-14(20-3)12-15(13)21-4/h7-8,12H,5-6,9-11H2,1-4H3,(H,17,19). The molecule has 1 N–H and O–H groups in total. The number of ether oxygens (including phenoxy) is 2. The minimum atomic E-state index is 0.00521. The maximum Gasteiger partial charge on any atom is 0.224 e. The second-order valence-electron chi connectivity index (χ2n) is 4.73. The van der Waals surface area contributed by atoms with E-state index in [1.165, 1.54) is 0 Å². The van der Waals surface area contributed by atoms with E-state index >= 15 is 0 Å². The largest absolute Gasteiger partial charge is 0.497 e. The van der Waals surface area contributed by atoms with Crippen LogP contribution in [0.1, 0.15) is 19.4 Å². The Morgan fingerprint density at radius 2 is 1.90 bits per heavy atom. The Kier molecular flexibility index (Phi) is 7.61. The van der Waals surface area contributed by atoms with E-state index in [2.05, 4.69) is 24.1 Å². The van der Waals surface area contributed by atoms with Gasteiger partial charge in [-0.3, -0.25) is 4.79 Å². The van der Waals surface area contributed by atoms with Crippen LogP contribution >= 0.6 is 0 Å². The third kappa shape index (κ3) is 5.63. The van der Waals surface area contributed by atoms with Crippen LogP contribution in [0.15, 0.2) is 18.2 Å². The van der Waals surface area contributed by atoms with Crippen molar-refractivity contribution in [3.05, 3.63) is 23.8 Å². The van der Waals surface area contributed by atoms with E-state index in [1.807, 2.05) is 12.1 Å². The number of rotatable bonds is 9. The van der Waals surface area contributed by atoms with E-state index in [1.54, 1.807) is 20.3 Å². The molecule has 0 unspecified atom stereocenters. The first kappa shape index (κ1) is 17.3. The molecule has 1 aromatic carbocycles. The highest BCUT2D eigenvalue weighted by Gasteiger charge is 2.10. The lowest BCUT2D eigenvalue weighted by molar-refractivity contribution is -0.120. The van der Waals surface area contributed by atoms with E-state index in [4.69, 9.17) is 9.47 Å². The second-order valence-corrected chi connectivity index (χ2v) is 4.73. The molecular formula is C16H26N2O3. The number of nitrogens with one attached hydrogen (secondary N) is 1. The molecule has 0 aliphatic heterocycles. The summed E-state index contributed by atoms with van der Waals surface area (Å²) in [5, 5.41) is 2.94. The van der Waals surface area contributed by atoms with Gasteiger partial charge in [0.05, 0.1) is 20.6 Å². The summed E-state index contributed by atoms with van der Waals surface area (Å²) < 4.78 is 10.4. The normalized spacial score (nSPS) is 10.5. The van der Waals surface area contributed by atoms with Crippen molar-refractivity contribution in [2.75, 3.05) is 40.4 Å². The molecule has 0 aromatic heterocycles.